The highest BCUT2D eigenvalue weighted by atomic mass is 19.3. The molecule has 0 saturated heterocycles. The second kappa shape index (κ2) is 8.01. The topological polar surface area (TPSA) is 101 Å². The van der Waals surface area contributed by atoms with E-state index in [-0.39, 0.29) is 30.2 Å². The summed E-state index contributed by atoms with van der Waals surface area (Å²) in [4.78, 5) is 21.4. The van der Waals surface area contributed by atoms with Crippen molar-refractivity contribution in [3.63, 3.8) is 0 Å². The number of amides is 1. The van der Waals surface area contributed by atoms with E-state index in [1.54, 1.807) is 29.5 Å². The van der Waals surface area contributed by atoms with Crippen LogP contribution in [0.5, 0.6) is 0 Å². The monoisotopic (exact) mass is 389 g/mol. The maximum atomic E-state index is 12.9. The lowest BCUT2D eigenvalue weighted by Gasteiger charge is -2.29. The maximum Gasteiger partial charge on any atom is 0.272 e. The minimum Gasteiger partial charge on any atom is -0.348 e. The van der Waals surface area contributed by atoms with Crippen LogP contribution in [0.3, 0.4) is 0 Å². The van der Waals surface area contributed by atoms with E-state index in [9.17, 15) is 13.6 Å². The lowest BCUT2D eigenvalue weighted by atomic mass is 9.91. The molecule has 0 atom stereocenters. The zero-order valence-electron chi connectivity index (χ0n) is 15.1. The van der Waals surface area contributed by atoms with Crippen molar-refractivity contribution in [3.8, 4) is 5.82 Å². The first-order valence-corrected chi connectivity index (χ1v) is 9.25. The first-order chi connectivity index (χ1) is 13.6. The first kappa shape index (κ1) is 18.5. The number of pyridine rings is 1. The second-order valence-corrected chi connectivity index (χ2v) is 6.95. The summed E-state index contributed by atoms with van der Waals surface area (Å²) in [6.07, 6.45) is 7.28. The molecule has 0 aliphatic heterocycles. The molecule has 10 heteroatoms. The predicted molar refractivity (Wildman–Crippen MR) is 98.5 cm³/mol. The summed E-state index contributed by atoms with van der Waals surface area (Å²) in [5, 5.41) is 13.5. The molecule has 4 rings (SSSR count). The highest BCUT2D eigenvalue weighted by Gasteiger charge is 2.25. The quantitative estimate of drug-likeness (QED) is 0.599. The van der Waals surface area contributed by atoms with Gasteiger partial charge in [0, 0.05) is 29.9 Å². The summed E-state index contributed by atoms with van der Waals surface area (Å²) in [5.74, 6) is 0.302. The number of hydrogen-bond donors (Lipinski definition) is 3. The van der Waals surface area contributed by atoms with Gasteiger partial charge < -0.3 is 10.6 Å². The molecule has 1 fully saturated rings. The fourth-order valence-corrected chi connectivity index (χ4v) is 3.58. The lowest BCUT2D eigenvalue weighted by molar-refractivity contribution is 0.0919. The lowest BCUT2D eigenvalue weighted by Crippen LogP contribution is -2.43. The number of nitrogens with one attached hydrogen (secondary N) is 3. The van der Waals surface area contributed by atoms with Crippen molar-refractivity contribution in [2.24, 2.45) is 0 Å². The number of imidazole rings is 1. The van der Waals surface area contributed by atoms with Crippen LogP contribution in [0.15, 0.2) is 31.0 Å². The van der Waals surface area contributed by atoms with Crippen molar-refractivity contribution in [3.05, 3.63) is 36.7 Å². The number of aromatic amines is 1. The molecule has 0 unspecified atom stereocenters. The minimum absolute atomic E-state index is 0.00577. The summed E-state index contributed by atoms with van der Waals surface area (Å²) >= 11 is 0. The van der Waals surface area contributed by atoms with E-state index < -0.39 is 6.43 Å². The Morgan fingerprint density at radius 2 is 2.07 bits per heavy atom. The number of carbonyl (C=O) groups is 1. The molecule has 3 N–H and O–H groups in total. The van der Waals surface area contributed by atoms with Gasteiger partial charge in [0.05, 0.1) is 18.3 Å². The molecule has 0 bridgehead atoms. The number of aromatic nitrogens is 5. The zero-order valence-corrected chi connectivity index (χ0v) is 15.1. The van der Waals surface area contributed by atoms with Gasteiger partial charge in [0.2, 0.25) is 0 Å². The van der Waals surface area contributed by atoms with Crippen LogP contribution >= 0.6 is 0 Å². The fourth-order valence-electron chi connectivity index (χ4n) is 3.58. The van der Waals surface area contributed by atoms with Crippen LogP contribution in [0.4, 0.5) is 8.78 Å². The molecule has 1 amide bonds. The molecule has 3 heterocycles. The molecule has 3 aromatic heterocycles. The smallest absolute Gasteiger partial charge is 0.272 e. The van der Waals surface area contributed by atoms with Crippen molar-refractivity contribution in [1.29, 1.82) is 0 Å². The van der Waals surface area contributed by atoms with Gasteiger partial charge in [-0.1, -0.05) is 0 Å². The van der Waals surface area contributed by atoms with Gasteiger partial charge in [-0.25, -0.2) is 18.7 Å². The van der Waals surface area contributed by atoms with Crippen molar-refractivity contribution >= 4 is 16.8 Å². The number of carbonyl (C=O) groups excluding carboxylic acids is 1. The molecule has 0 radical (unpaired) electrons. The molecule has 28 heavy (non-hydrogen) atoms. The molecule has 3 aromatic rings. The Labute approximate surface area is 159 Å². The third-order valence-electron chi connectivity index (χ3n) is 5.02. The average molecular weight is 389 g/mol. The minimum atomic E-state index is -2.34. The van der Waals surface area contributed by atoms with Gasteiger partial charge >= 0.3 is 0 Å². The number of halogens is 2. The van der Waals surface area contributed by atoms with Crippen molar-refractivity contribution in [2.45, 2.75) is 44.2 Å². The van der Waals surface area contributed by atoms with Crippen LogP contribution in [0.25, 0.3) is 16.7 Å². The Bertz CT molecular complexity index is 933. The van der Waals surface area contributed by atoms with Crippen LogP contribution in [-0.2, 0) is 0 Å². The Morgan fingerprint density at radius 1 is 1.29 bits per heavy atom. The van der Waals surface area contributed by atoms with E-state index >= 15 is 0 Å². The van der Waals surface area contributed by atoms with E-state index in [2.05, 4.69) is 30.8 Å². The third-order valence-corrected chi connectivity index (χ3v) is 5.02. The van der Waals surface area contributed by atoms with Crippen LogP contribution < -0.4 is 10.6 Å². The number of nitrogens with zero attached hydrogens (tertiary/aromatic N) is 4. The van der Waals surface area contributed by atoms with Gasteiger partial charge in [0.25, 0.3) is 12.3 Å². The Hall–Kier alpha value is -2.88. The molecule has 0 aromatic carbocycles. The normalized spacial score (nSPS) is 20.0. The summed E-state index contributed by atoms with van der Waals surface area (Å²) in [6.45, 7) is -0.287. The van der Waals surface area contributed by atoms with Crippen molar-refractivity contribution in [1.82, 2.24) is 35.4 Å². The fraction of sp³-hybridized carbons (Fsp3) is 0.444. The van der Waals surface area contributed by atoms with Crippen molar-refractivity contribution in [2.75, 3.05) is 6.54 Å². The van der Waals surface area contributed by atoms with Gasteiger partial charge in [-0.2, -0.15) is 5.10 Å². The number of fused-ring (bicyclic) bond motifs is 1. The van der Waals surface area contributed by atoms with E-state index in [0.29, 0.717) is 11.3 Å². The molecular formula is C18H21F2N7O. The Morgan fingerprint density at radius 3 is 2.79 bits per heavy atom. The first-order valence-electron chi connectivity index (χ1n) is 9.25. The van der Waals surface area contributed by atoms with E-state index in [1.807, 2.05) is 6.07 Å². The summed E-state index contributed by atoms with van der Waals surface area (Å²) in [5.41, 5.74) is 0.852. The van der Waals surface area contributed by atoms with Crippen molar-refractivity contribution < 1.29 is 13.6 Å². The highest BCUT2D eigenvalue weighted by molar-refractivity contribution is 6.04. The van der Waals surface area contributed by atoms with Crippen LogP contribution in [0, 0.1) is 0 Å². The number of H-pyrrole nitrogens is 1. The summed E-state index contributed by atoms with van der Waals surface area (Å²) in [6, 6.07) is 1.90. The molecule has 1 aliphatic carbocycles. The largest absolute Gasteiger partial charge is 0.348 e. The van der Waals surface area contributed by atoms with Crippen LogP contribution in [0.2, 0.25) is 0 Å². The molecule has 8 nitrogen and oxygen atoms in total. The van der Waals surface area contributed by atoms with Gasteiger partial charge in [0.1, 0.15) is 12.1 Å². The van der Waals surface area contributed by atoms with E-state index in [1.165, 1.54) is 0 Å². The predicted octanol–water partition coefficient (Wildman–Crippen LogP) is 2.04. The average Bonchev–Trinajstić information content (AvgIpc) is 3.38. The number of hydrogen-bond acceptors (Lipinski definition) is 5. The summed E-state index contributed by atoms with van der Waals surface area (Å²) in [7, 11) is 0. The molecule has 1 saturated carbocycles. The molecule has 1 aliphatic rings. The molecular weight excluding hydrogens is 368 g/mol. The van der Waals surface area contributed by atoms with Gasteiger partial charge in [-0.3, -0.25) is 14.5 Å². The van der Waals surface area contributed by atoms with E-state index in [0.717, 1.165) is 31.1 Å². The Balaban J connectivity index is 1.45. The summed E-state index contributed by atoms with van der Waals surface area (Å²) < 4.78 is 26.4. The molecule has 148 valence electrons. The Kier molecular flexibility index (Phi) is 5.29. The SMILES string of the molecule is O=C(N[C@H]1CC[C@H](NCC(F)F)CC1)c1nc(-n2ccnc2)cc2cn[nH]c12. The highest BCUT2D eigenvalue weighted by Crippen LogP contribution is 2.21. The maximum absolute atomic E-state index is 12.9. The number of alkyl halides is 2. The zero-order chi connectivity index (χ0) is 19.5. The van der Waals surface area contributed by atoms with Gasteiger partial charge in [0.15, 0.2) is 5.69 Å². The second-order valence-electron chi connectivity index (χ2n) is 6.95. The number of rotatable bonds is 6. The van der Waals surface area contributed by atoms with Crippen LogP contribution in [0.1, 0.15) is 36.2 Å². The standard InChI is InChI=1S/C18H21F2N7O/c19-14(20)9-22-12-1-3-13(4-2-12)24-18(28)17-16-11(8-23-26-16)7-15(25-17)27-6-5-21-10-27/h5-8,10,12-14,22H,1-4,9H2,(H,23,26)(H,24,28)/t12-,13-. The van der Waals surface area contributed by atoms with Gasteiger partial charge in [-0.15, -0.1) is 0 Å². The third kappa shape index (κ3) is 4.01. The van der Waals surface area contributed by atoms with E-state index in [4.69, 9.17) is 0 Å². The van der Waals surface area contributed by atoms with Gasteiger partial charge in [-0.05, 0) is 31.7 Å². The van der Waals surface area contributed by atoms with Crippen LogP contribution in [-0.4, -0.2) is 55.7 Å². The molecule has 0 spiro atoms.